The maximum absolute atomic E-state index is 12.1. The van der Waals surface area contributed by atoms with Gasteiger partial charge in [-0.1, -0.05) is 32.0 Å². The first-order valence-electron chi connectivity index (χ1n) is 6.28. The van der Waals surface area contributed by atoms with E-state index in [1.807, 2.05) is 13.0 Å². The quantitative estimate of drug-likeness (QED) is 0.820. The minimum atomic E-state index is -0.522. The number of nitrogens with two attached hydrogens (primary N) is 1. The van der Waals surface area contributed by atoms with Gasteiger partial charge in [-0.2, -0.15) is 0 Å². The van der Waals surface area contributed by atoms with E-state index in [1.165, 1.54) is 0 Å². The summed E-state index contributed by atoms with van der Waals surface area (Å²) in [5, 5.41) is 2.95. The lowest BCUT2D eigenvalue weighted by molar-refractivity contribution is 0.0894. The van der Waals surface area contributed by atoms with E-state index in [-0.39, 0.29) is 5.91 Å². The van der Waals surface area contributed by atoms with Gasteiger partial charge in [0.05, 0.1) is 10.5 Å². The Bertz CT molecular complexity index is 461. The normalized spacial score (nSPS) is 17.6. The molecule has 1 aromatic heterocycles. The van der Waals surface area contributed by atoms with Gasteiger partial charge in [0.2, 0.25) is 0 Å². The molecule has 4 nitrogen and oxygen atoms in total. The summed E-state index contributed by atoms with van der Waals surface area (Å²) in [6.45, 7) is 1.98. The van der Waals surface area contributed by atoms with Crippen molar-refractivity contribution in [1.82, 2.24) is 5.32 Å². The number of aryl methyl sites for hydroxylation is 1. The van der Waals surface area contributed by atoms with Gasteiger partial charge < -0.3 is 15.5 Å². The smallest absolute Gasteiger partial charge is 0.287 e. The van der Waals surface area contributed by atoms with Crippen molar-refractivity contribution in [2.75, 3.05) is 0 Å². The third kappa shape index (κ3) is 2.41. The number of rotatable bonds is 4. The Labute approximate surface area is 112 Å². The van der Waals surface area contributed by atoms with Crippen LogP contribution in [0, 0.1) is 0 Å². The molecule has 98 valence electrons. The largest absolute Gasteiger partial charge is 0.456 e. The molecule has 1 aliphatic carbocycles. The third-order valence-electron chi connectivity index (χ3n) is 3.52. The van der Waals surface area contributed by atoms with Crippen molar-refractivity contribution in [3.63, 3.8) is 0 Å². The SMILES string of the molecule is CCc1ccc(C(=O)NC2(C(N)=S)CCCC2)o1. The fraction of sp³-hybridized carbons (Fsp3) is 0.538. The second-order valence-electron chi connectivity index (χ2n) is 4.73. The molecule has 0 aliphatic heterocycles. The summed E-state index contributed by atoms with van der Waals surface area (Å²) >= 11 is 5.10. The first-order valence-corrected chi connectivity index (χ1v) is 6.69. The second-order valence-corrected chi connectivity index (χ2v) is 5.17. The summed E-state index contributed by atoms with van der Waals surface area (Å²) in [5.41, 5.74) is 5.25. The van der Waals surface area contributed by atoms with Crippen LogP contribution in [0.1, 0.15) is 48.9 Å². The molecule has 1 fully saturated rings. The van der Waals surface area contributed by atoms with Crippen LogP contribution in [0.4, 0.5) is 0 Å². The fourth-order valence-electron chi connectivity index (χ4n) is 2.38. The van der Waals surface area contributed by atoms with Gasteiger partial charge in [-0.15, -0.1) is 0 Å². The van der Waals surface area contributed by atoms with Crippen LogP contribution >= 0.6 is 12.2 Å². The maximum Gasteiger partial charge on any atom is 0.287 e. The highest BCUT2D eigenvalue weighted by molar-refractivity contribution is 7.80. The standard InChI is InChI=1S/C13H18N2O2S/c1-2-9-5-6-10(17-9)11(16)15-13(12(14)18)7-3-4-8-13/h5-6H,2-4,7-8H2,1H3,(H2,14,18)(H,15,16). The Morgan fingerprint density at radius 2 is 2.17 bits per heavy atom. The van der Waals surface area contributed by atoms with Gasteiger partial charge in [-0.25, -0.2) is 0 Å². The number of carbonyl (C=O) groups is 1. The first kappa shape index (κ1) is 13.1. The van der Waals surface area contributed by atoms with Gasteiger partial charge in [-0.3, -0.25) is 4.79 Å². The highest BCUT2D eigenvalue weighted by Gasteiger charge is 2.38. The lowest BCUT2D eigenvalue weighted by Crippen LogP contribution is -2.54. The molecule has 0 atom stereocenters. The maximum atomic E-state index is 12.1. The second kappa shape index (κ2) is 5.10. The number of hydrogen-bond acceptors (Lipinski definition) is 3. The minimum absolute atomic E-state index is 0.232. The van der Waals surface area contributed by atoms with Gasteiger partial charge in [0.15, 0.2) is 5.76 Å². The van der Waals surface area contributed by atoms with Crippen molar-refractivity contribution in [2.24, 2.45) is 5.73 Å². The molecule has 1 aliphatic rings. The molecule has 1 aromatic rings. The minimum Gasteiger partial charge on any atom is -0.456 e. The van der Waals surface area contributed by atoms with Gasteiger partial charge >= 0.3 is 0 Å². The van der Waals surface area contributed by atoms with Gasteiger partial charge in [0.1, 0.15) is 5.76 Å². The average molecular weight is 266 g/mol. The lowest BCUT2D eigenvalue weighted by atomic mass is 9.97. The van der Waals surface area contributed by atoms with Crippen LogP contribution in [0.25, 0.3) is 0 Å². The van der Waals surface area contributed by atoms with Crippen LogP contribution in [0.15, 0.2) is 16.5 Å². The molecule has 0 aromatic carbocycles. The van der Waals surface area contributed by atoms with Crippen molar-refractivity contribution in [1.29, 1.82) is 0 Å². The summed E-state index contributed by atoms with van der Waals surface area (Å²) in [6.07, 6.45) is 4.48. The van der Waals surface area contributed by atoms with Crippen LogP contribution < -0.4 is 11.1 Å². The topological polar surface area (TPSA) is 68.3 Å². The Morgan fingerprint density at radius 1 is 1.50 bits per heavy atom. The number of hydrogen-bond donors (Lipinski definition) is 2. The molecular formula is C13H18N2O2S. The predicted molar refractivity (Wildman–Crippen MR) is 73.5 cm³/mol. The molecule has 0 saturated heterocycles. The zero-order valence-corrected chi connectivity index (χ0v) is 11.3. The fourth-order valence-corrected chi connectivity index (χ4v) is 2.64. The lowest BCUT2D eigenvalue weighted by Gasteiger charge is -2.28. The molecule has 0 unspecified atom stereocenters. The van der Waals surface area contributed by atoms with Gasteiger partial charge in [0, 0.05) is 6.42 Å². The Morgan fingerprint density at radius 3 is 2.67 bits per heavy atom. The zero-order chi connectivity index (χ0) is 13.2. The zero-order valence-electron chi connectivity index (χ0n) is 10.5. The molecule has 0 spiro atoms. The number of amides is 1. The molecule has 1 amide bonds. The summed E-state index contributed by atoms with van der Waals surface area (Å²) in [6, 6.07) is 3.51. The van der Waals surface area contributed by atoms with E-state index < -0.39 is 5.54 Å². The Kier molecular flexibility index (Phi) is 3.71. The molecular weight excluding hydrogens is 248 g/mol. The number of furan rings is 1. The van der Waals surface area contributed by atoms with Crippen LogP contribution in [0.3, 0.4) is 0 Å². The van der Waals surface area contributed by atoms with E-state index in [2.05, 4.69) is 5.32 Å². The van der Waals surface area contributed by atoms with Crippen LogP contribution in [-0.2, 0) is 6.42 Å². The van der Waals surface area contributed by atoms with Crippen molar-refractivity contribution in [3.05, 3.63) is 23.7 Å². The number of carbonyl (C=O) groups excluding carboxylic acids is 1. The third-order valence-corrected chi connectivity index (χ3v) is 3.91. The Hall–Kier alpha value is -1.36. The molecule has 0 radical (unpaired) electrons. The van der Waals surface area contributed by atoms with Gasteiger partial charge in [-0.05, 0) is 25.0 Å². The van der Waals surface area contributed by atoms with Crippen molar-refractivity contribution < 1.29 is 9.21 Å². The Balaban J connectivity index is 2.12. The van der Waals surface area contributed by atoms with Crippen LogP contribution in [0.2, 0.25) is 0 Å². The van der Waals surface area contributed by atoms with Crippen LogP contribution in [-0.4, -0.2) is 16.4 Å². The van der Waals surface area contributed by atoms with Crippen molar-refractivity contribution in [3.8, 4) is 0 Å². The highest BCUT2D eigenvalue weighted by Crippen LogP contribution is 2.30. The van der Waals surface area contributed by atoms with E-state index in [9.17, 15) is 4.79 Å². The number of nitrogens with one attached hydrogen (secondary N) is 1. The monoisotopic (exact) mass is 266 g/mol. The van der Waals surface area contributed by atoms with E-state index in [1.54, 1.807) is 6.07 Å². The highest BCUT2D eigenvalue weighted by atomic mass is 32.1. The molecule has 1 saturated carbocycles. The summed E-state index contributed by atoms with van der Waals surface area (Å²) in [7, 11) is 0. The van der Waals surface area contributed by atoms with E-state index in [0.29, 0.717) is 10.7 Å². The molecule has 1 heterocycles. The summed E-state index contributed by atoms with van der Waals surface area (Å²) in [5.74, 6) is 0.898. The van der Waals surface area contributed by atoms with E-state index >= 15 is 0 Å². The molecule has 18 heavy (non-hydrogen) atoms. The molecule has 2 rings (SSSR count). The molecule has 3 N–H and O–H groups in total. The first-order chi connectivity index (χ1) is 8.57. The van der Waals surface area contributed by atoms with Crippen LogP contribution in [0.5, 0.6) is 0 Å². The average Bonchev–Trinajstić information content (AvgIpc) is 2.97. The van der Waals surface area contributed by atoms with E-state index in [4.69, 9.17) is 22.4 Å². The van der Waals surface area contributed by atoms with Gasteiger partial charge in [0.25, 0.3) is 5.91 Å². The molecule has 5 heteroatoms. The summed E-state index contributed by atoms with van der Waals surface area (Å²) < 4.78 is 5.43. The molecule has 0 bridgehead atoms. The van der Waals surface area contributed by atoms with Crippen molar-refractivity contribution >= 4 is 23.1 Å². The predicted octanol–water partition coefficient (Wildman–Crippen LogP) is 2.17. The number of thiocarbonyl (C=S) groups is 1. The summed E-state index contributed by atoms with van der Waals surface area (Å²) in [4.78, 5) is 12.5. The van der Waals surface area contributed by atoms with Crippen molar-refractivity contribution in [2.45, 2.75) is 44.6 Å². The van der Waals surface area contributed by atoms with E-state index in [0.717, 1.165) is 37.9 Å².